The number of aryl methyl sites for hydroxylation is 2. The molecule has 5 rings (SSSR count). The molecule has 0 N–H and O–H groups in total. The molecule has 0 bridgehead atoms. The lowest BCUT2D eigenvalue weighted by atomic mass is 10.0. The smallest absolute Gasteiger partial charge is 0.258 e. The zero-order valence-electron chi connectivity index (χ0n) is 27.1. The first-order chi connectivity index (χ1) is 21.3. The Morgan fingerprint density at radius 2 is 1.39 bits per heavy atom. The van der Waals surface area contributed by atoms with Crippen LogP contribution in [0.5, 0.6) is 5.75 Å². The number of hydrogen-bond donors (Lipinski definition) is 0. The molecule has 1 amide bonds. The zero-order valence-corrected chi connectivity index (χ0v) is 27.1. The van der Waals surface area contributed by atoms with Crippen LogP contribution in [-0.4, -0.2) is 48.6 Å². The number of amides is 1. The van der Waals surface area contributed by atoms with Gasteiger partial charge in [0.2, 0.25) is 0 Å². The molecular formula is C40H47N2O2+. The first-order valence-corrected chi connectivity index (χ1v) is 16.1. The van der Waals surface area contributed by atoms with Crippen LogP contribution in [0.3, 0.4) is 0 Å². The Morgan fingerprint density at radius 3 is 2.09 bits per heavy atom. The predicted molar refractivity (Wildman–Crippen MR) is 184 cm³/mol. The third kappa shape index (κ3) is 7.14. The van der Waals surface area contributed by atoms with Gasteiger partial charge >= 0.3 is 0 Å². The molecule has 0 aliphatic heterocycles. The van der Waals surface area contributed by atoms with E-state index in [9.17, 15) is 4.79 Å². The molecule has 0 heterocycles. The molecule has 0 saturated heterocycles. The molecular weight excluding hydrogens is 540 g/mol. The minimum atomic E-state index is 0.0220. The van der Waals surface area contributed by atoms with E-state index in [4.69, 9.17) is 4.74 Å². The van der Waals surface area contributed by atoms with Crippen molar-refractivity contribution in [3.63, 3.8) is 0 Å². The molecule has 0 aliphatic rings. The van der Waals surface area contributed by atoms with Crippen molar-refractivity contribution in [2.45, 2.75) is 53.6 Å². The van der Waals surface area contributed by atoms with Gasteiger partial charge in [-0.15, -0.1) is 0 Å². The normalized spacial score (nSPS) is 11.7. The summed E-state index contributed by atoms with van der Waals surface area (Å²) in [5.74, 6) is 0.645. The van der Waals surface area contributed by atoms with Crippen molar-refractivity contribution >= 4 is 27.5 Å². The van der Waals surface area contributed by atoms with E-state index >= 15 is 0 Å². The number of unbranched alkanes of at least 4 members (excludes halogenated alkanes) is 1. The number of carbonyl (C=O) groups excluding carboxylic acids is 1. The molecule has 0 aliphatic carbocycles. The first kappa shape index (κ1) is 31.3. The fourth-order valence-electron chi connectivity index (χ4n) is 6.75. The highest BCUT2D eigenvalue weighted by Gasteiger charge is 2.26. The third-order valence-electron chi connectivity index (χ3n) is 9.25. The summed E-state index contributed by atoms with van der Waals surface area (Å²) in [6, 6.07) is 33.9. The molecule has 5 aromatic rings. The van der Waals surface area contributed by atoms with Crippen LogP contribution in [0.1, 0.15) is 59.3 Å². The molecule has 0 fully saturated rings. The van der Waals surface area contributed by atoms with Gasteiger partial charge < -0.3 is 14.1 Å². The number of fused-ring (bicyclic) bond motifs is 2. The van der Waals surface area contributed by atoms with Crippen LogP contribution in [0.2, 0.25) is 0 Å². The quantitative estimate of drug-likeness (QED) is 0.102. The first-order valence-electron chi connectivity index (χ1n) is 16.1. The number of rotatable bonds is 13. The van der Waals surface area contributed by atoms with Gasteiger partial charge in [-0.25, -0.2) is 0 Å². The molecule has 0 spiro atoms. The highest BCUT2D eigenvalue weighted by molar-refractivity contribution is 6.09. The average Bonchev–Trinajstić information content (AvgIpc) is 3.04. The van der Waals surface area contributed by atoms with Crippen LogP contribution in [0, 0.1) is 13.8 Å². The van der Waals surface area contributed by atoms with Gasteiger partial charge in [-0.3, -0.25) is 4.79 Å². The van der Waals surface area contributed by atoms with Crippen LogP contribution < -0.4 is 4.74 Å². The number of nitrogens with zero attached hydrogens (tertiary/aromatic N) is 2. The van der Waals surface area contributed by atoms with E-state index in [1.165, 1.54) is 27.5 Å². The van der Waals surface area contributed by atoms with Gasteiger partial charge in [0, 0.05) is 18.7 Å². The second kappa shape index (κ2) is 14.1. The fourth-order valence-corrected chi connectivity index (χ4v) is 6.75. The topological polar surface area (TPSA) is 29.5 Å². The van der Waals surface area contributed by atoms with Crippen LogP contribution >= 0.6 is 0 Å². The molecule has 4 heteroatoms. The lowest BCUT2D eigenvalue weighted by Crippen LogP contribution is -2.47. The van der Waals surface area contributed by atoms with Gasteiger partial charge in [0.1, 0.15) is 12.3 Å². The summed E-state index contributed by atoms with van der Waals surface area (Å²) in [7, 11) is 1.65. The van der Waals surface area contributed by atoms with E-state index in [-0.39, 0.29) is 5.91 Å². The second-order valence-corrected chi connectivity index (χ2v) is 12.3. The Hall–Kier alpha value is -4.15. The maximum absolute atomic E-state index is 14.5. The Kier molecular flexibility index (Phi) is 10.0. The maximum Gasteiger partial charge on any atom is 0.258 e. The molecule has 0 aromatic heterocycles. The van der Waals surface area contributed by atoms with E-state index in [0.29, 0.717) is 24.4 Å². The van der Waals surface area contributed by atoms with Crippen LogP contribution in [0.25, 0.3) is 21.5 Å². The number of hydrogen-bond acceptors (Lipinski definition) is 2. The Balaban J connectivity index is 1.39. The number of methoxy groups -OCH3 is 1. The van der Waals surface area contributed by atoms with Crippen molar-refractivity contribution in [2.75, 3.05) is 33.3 Å². The third-order valence-corrected chi connectivity index (χ3v) is 9.25. The second-order valence-electron chi connectivity index (χ2n) is 12.3. The molecule has 0 unspecified atom stereocenters. The summed E-state index contributed by atoms with van der Waals surface area (Å²) >= 11 is 0. The summed E-state index contributed by atoms with van der Waals surface area (Å²) in [5.41, 5.74) is 5.86. The minimum Gasteiger partial charge on any atom is -0.496 e. The highest BCUT2D eigenvalue weighted by atomic mass is 16.5. The van der Waals surface area contributed by atoms with E-state index in [1.807, 2.05) is 35.2 Å². The molecule has 5 aromatic carbocycles. The van der Waals surface area contributed by atoms with Crippen molar-refractivity contribution in [3.8, 4) is 5.75 Å². The van der Waals surface area contributed by atoms with Gasteiger partial charge in [0.05, 0.1) is 32.3 Å². The van der Waals surface area contributed by atoms with Crippen LogP contribution in [0.4, 0.5) is 0 Å². The maximum atomic E-state index is 14.5. The summed E-state index contributed by atoms with van der Waals surface area (Å²) in [6.45, 7) is 14.6. The Bertz CT molecular complexity index is 1720. The number of benzene rings is 5. The van der Waals surface area contributed by atoms with Gasteiger partial charge in [-0.05, 0) is 79.8 Å². The summed E-state index contributed by atoms with van der Waals surface area (Å²) in [5, 5.41) is 4.38. The molecule has 44 heavy (non-hydrogen) atoms. The fraction of sp³-hybridized carbons (Fsp3) is 0.325. The Morgan fingerprint density at radius 1 is 0.727 bits per heavy atom. The molecule has 0 atom stereocenters. The van der Waals surface area contributed by atoms with Gasteiger partial charge in [0.15, 0.2) is 0 Å². The van der Waals surface area contributed by atoms with E-state index in [0.717, 1.165) is 59.8 Å². The molecule has 228 valence electrons. The van der Waals surface area contributed by atoms with Crippen molar-refractivity contribution in [1.29, 1.82) is 0 Å². The summed E-state index contributed by atoms with van der Waals surface area (Å²) in [6.07, 6.45) is 2.00. The lowest BCUT2D eigenvalue weighted by Gasteiger charge is -2.37. The molecule has 0 radical (unpaired) electrons. The predicted octanol–water partition coefficient (Wildman–Crippen LogP) is 9.10. The van der Waals surface area contributed by atoms with Crippen molar-refractivity contribution in [1.82, 2.24) is 4.90 Å². The zero-order chi connectivity index (χ0) is 31.1. The summed E-state index contributed by atoms with van der Waals surface area (Å²) in [4.78, 5) is 16.5. The van der Waals surface area contributed by atoms with Crippen LogP contribution in [0.15, 0.2) is 97.1 Å². The van der Waals surface area contributed by atoms with E-state index in [2.05, 4.69) is 94.4 Å². The van der Waals surface area contributed by atoms with Gasteiger partial charge in [-0.2, -0.15) is 0 Å². The summed E-state index contributed by atoms with van der Waals surface area (Å²) < 4.78 is 6.81. The SMILES string of the molecule is CC[N+](CC)(CCCCN(Cc1ccc2ccccc2c1)C(=O)c1c(OC)ccc2ccccc12)Cc1cc(C)cc(C)c1. The monoisotopic (exact) mass is 587 g/mol. The van der Waals surface area contributed by atoms with Crippen molar-refractivity contribution in [2.24, 2.45) is 0 Å². The molecule has 4 nitrogen and oxygen atoms in total. The van der Waals surface area contributed by atoms with Gasteiger partial charge in [-0.1, -0.05) is 96.1 Å². The van der Waals surface area contributed by atoms with E-state index < -0.39 is 0 Å². The standard InChI is InChI=1S/C40H47N2O2/c1-6-42(7-2,29-33-25-30(3)24-31(4)26-33)23-13-12-22-41(28-32-18-19-34-14-8-9-16-36(34)27-32)40(43)39-37-17-11-10-15-35(37)20-21-38(39)44-5/h8-11,14-21,24-27H,6-7,12-13,22-23,28-29H2,1-5H3/q+1. The highest BCUT2D eigenvalue weighted by Crippen LogP contribution is 2.30. The average molecular weight is 588 g/mol. The van der Waals surface area contributed by atoms with Crippen molar-refractivity contribution < 1.29 is 14.0 Å². The van der Waals surface area contributed by atoms with Crippen molar-refractivity contribution in [3.05, 3.63) is 125 Å². The van der Waals surface area contributed by atoms with E-state index in [1.54, 1.807) is 7.11 Å². The van der Waals surface area contributed by atoms with Crippen LogP contribution in [-0.2, 0) is 13.1 Å². The number of quaternary nitrogens is 1. The number of ether oxygens (including phenoxy) is 1. The lowest BCUT2D eigenvalue weighted by molar-refractivity contribution is -0.938. The number of carbonyl (C=O) groups is 1. The Labute approximate surface area is 263 Å². The molecule has 0 saturated carbocycles. The largest absolute Gasteiger partial charge is 0.496 e. The van der Waals surface area contributed by atoms with Gasteiger partial charge in [0.25, 0.3) is 5.91 Å². The minimum absolute atomic E-state index is 0.0220.